The van der Waals surface area contributed by atoms with Crippen LogP contribution in [0.5, 0.6) is 5.75 Å². The van der Waals surface area contributed by atoms with Gasteiger partial charge >= 0.3 is 0 Å². The summed E-state index contributed by atoms with van der Waals surface area (Å²) in [5, 5.41) is 4.50. The molecule has 0 spiro atoms. The van der Waals surface area contributed by atoms with Crippen LogP contribution < -0.4 is 10.1 Å². The minimum Gasteiger partial charge on any atom is -0.497 e. The Labute approximate surface area is 161 Å². The zero-order valence-electron chi connectivity index (χ0n) is 14.5. The van der Waals surface area contributed by atoms with Crippen molar-refractivity contribution in [2.24, 2.45) is 0 Å². The molecule has 0 aliphatic carbocycles. The molecule has 136 valence electrons. The molecule has 2 aromatic carbocycles. The number of H-pyrrole nitrogens is 1. The number of carbonyl (C=O) groups is 1. The lowest BCUT2D eigenvalue weighted by molar-refractivity contribution is 0.0930. The fraction of sp³-hybridized carbons (Fsp3) is 0.211. The van der Waals surface area contributed by atoms with Crippen molar-refractivity contribution >= 4 is 40.2 Å². The van der Waals surface area contributed by atoms with Crippen molar-refractivity contribution in [3.63, 3.8) is 0 Å². The van der Waals surface area contributed by atoms with Crippen LogP contribution in [0.2, 0.25) is 5.02 Å². The van der Waals surface area contributed by atoms with Gasteiger partial charge in [-0.3, -0.25) is 4.79 Å². The monoisotopic (exact) mass is 390 g/mol. The molecule has 0 radical (unpaired) electrons. The predicted octanol–water partition coefficient (Wildman–Crippen LogP) is 4.36. The van der Waals surface area contributed by atoms with Gasteiger partial charge in [0.15, 0.2) is 0 Å². The second kappa shape index (κ2) is 8.49. The summed E-state index contributed by atoms with van der Waals surface area (Å²) in [6.07, 6.45) is 0. The molecule has 0 saturated carbocycles. The second-order valence-corrected chi connectivity index (χ2v) is 7.07. The minimum atomic E-state index is -0.173. The molecule has 2 N–H and O–H groups in total. The van der Waals surface area contributed by atoms with Crippen LogP contribution in [-0.4, -0.2) is 38.3 Å². The smallest absolute Gasteiger partial charge is 0.268 e. The van der Waals surface area contributed by atoms with Crippen molar-refractivity contribution in [2.45, 2.75) is 9.79 Å². The van der Waals surface area contributed by atoms with Gasteiger partial charge in [0.1, 0.15) is 11.4 Å². The van der Waals surface area contributed by atoms with E-state index in [0.29, 0.717) is 23.9 Å². The van der Waals surface area contributed by atoms with Crippen molar-refractivity contribution < 1.29 is 14.3 Å². The maximum atomic E-state index is 12.6. The first-order chi connectivity index (χ1) is 12.6. The fourth-order valence-electron chi connectivity index (χ4n) is 2.52. The summed E-state index contributed by atoms with van der Waals surface area (Å²) in [7, 11) is 3.22. The number of amides is 1. The van der Waals surface area contributed by atoms with Gasteiger partial charge in [-0.15, -0.1) is 0 Å². The number of methoxy groups -OCH3 is 2. The minimum absolute atomic E-state index is 0.173. The lowest BCUT2D eigenvalue weighted by Gasteiger charge is -2.06. The summed E-state index contributed by atoms with van der Waals surface area (Å²) in [5.74, 6) is 0.557. The fourth-order valence-corrected chi connectivity index (χ4v) is 3.69. The third-order valence-corrected chi connectivity index (χ3v) is 5.20. The Kier molecular flexibility index (Phi) is 6.08. The van der Waals surface area contributed by atoms with Crippen LogP contribution in [0.1, 0.15) is 10.5 Å². The van der Waals surface area contributed by atoms with E-state index in [9.17, 15) is 4.79 Å². The maximum absolute atomic E-state index is 12.6. The molecule has 1 heterocycles. The molecule has 0 aliphatic rings. The Balaban J connectivity index is 2.00. The lowest BCUT2D eigenvalue weighted by Crippen LogP contribution is -2.27. The van der Waals surface area contributed by atoms with Crippen LogP contribution in [0.25, 0.3) is 10.9 Å². The van der Waals surface area contributed by atoms with E-state index < -0.39 is 0 Å². The molecule has 5 nitrogen and oxygen atoms in total. The van der Waals surface area contributed by atoms with Crippen molar-refractivity contribution in [1.29, 1.82) is 0 Å². The van der Waals surface area contributed by atoms with E-state index in [0.717, 1.165) is 26.4 Å². The highest BCUT2D eigenvalue weighted by Crippen LogP contribution is 2.38. The predicted molar refractivity (Wildman–Crippen MR) is 105 cm³/mol. The Morgan fingerprint density at radius 2 is 1.96 bits per heavy atom. The van der Waals surface area contributed by atoms with E-state index in [4.69, 9.17) is 21.1 Å². The average Bonchev–Trinajstić information content (AvgIpc) is 3.01. The molecule has 0 fully saturated rings. The Bertz CT molecular complexity index is 909. The van der Waals surface area contributed by atoms with Gasteiger partial charge < -0.3 is 19.8 Å². The average molecular weight is 391 g/mol. The van der Waals surface area contributed by atoms with Crippen LogP contribution in [0.15, 0.2) is 52.3 Å². The molecule has 3 aromatic rings. The topological polar surface area (TPSA) is 63.3 Å². The van der Waals surface area contributed by atoms with Gasteiger partial charge in [-0.1, -0.05) is 23.4 Å². The van der Waals surface area contributed by atoms with Crippen molar-refractivity contribution in [1.82, 2.24) is 10.3 Å². The van der Waals surface area contributed by atoms with E-state index in [-0.39, 0.29) is 5.91 Å². The van der Waals surface area contributed by atoms with Gasteiger partial charge in [0, 0.05) is 35.0 Å². The number of hydrogen-bond acceptors (Lipinski definition) is 4. The molecule has 0 aliphatic heterocycles. The van der Waals surface area contributed by atoms with Crippen molar-refractivity contribution in [3.05, 3.63) is 53.2 Å². The summed E-state index contributed by atoms with van der Waals surface area (Å²) in [5.41, 5.74) is 1.36. The Hall–Kier alpha value is -2.15. The highest BCUT2D eigenvalue weighted by molar-refractivity contribution is 7.99. The standard InChI is InChI=1S/C19H19ClN2O3S/c1-24-10-9-21-19(23)17-18(26-14-6-3-12(20)4-7-14)15-8-5-13(25-2)11-16(15)22-17/h3-8,11,22H,9-10H2,1-2H3,(H,21,23). The lowest BCUT2D eigenvalue weighted by atomic mass is 10.2. The van der Waals surface area contributed by atoms with Gasteiger partial charge in [-0.05, 0) is 36.4 Å². The van der Waals surface area contributed by atoms with Crippen molar-refractivity contribution in [2.75, 3.05) is 27.4 Å². The third kappa shape index (κ3) is 4.15. The molecule has 0 atom stereocenters. The van der Waals surface area contributed by atoms with Gasteiger partial charge in [0.25, 0.3) is 5.91 Å². The number of aromatic amines is 1. The molecule has 1 aromatic heterocycles. The number of hydrogen-bond donors (Lipinski definition) is 2. The molecular weight excluding hydrogens is 372 g/mol. The first-order valence-electron chi connectivity index (χ1n) is 8.02. The number of benzene rings is 2. The maximum Gasteiger partial charge on any atom is 0.268 e. The molecular formula is C19H19ClN2O3S. The number of rotatable bonds is 7. The molecule has 0 bridgehead atoms. The van der Waals surface area contributed by atoms with E-state index in [1.165, 1.54) is 11.8 Å². The summed E-state index contributed by atoms with van der Waals surface area (Å²) in [6.45, 7) is 0.901. The van der Waals surface area contributed by atoms with Gasteiger partial charge in [0.2, 0.25) is 0 Å². The van der Waals surface area contributed by atoms with Gasteiger partial charge in [-0.2, -0.15) is 0 Å². The Morgan fingerprint density at radius 3 is 2.65 bits per heavy atom. The SMILES string of the molecule is COCCNC(=O)c1[nH]c2cc(OC)ccc2c1Sc1ccc(Cl)cc1. The highest BCUT2D eigenvalue weighted by Gasteiger charge is 2.19. The molecule has 0 unspecified atom stereocenters. The van der Waals surface area contributed by atoms with Crippen LogP contribution in [0.3, 0.4) is 0 Å². The van der Waals surface area contributed by atoms with Crippen LogP contribution in [0.4, 0.5) is 0 Å². The largest absolute Gasteiger partial charge is 0.497 e. The van der Waals surface area contributed by atoms with E-state index in [1.54, 1.807) is 14.2 Å². The second-order valence-electron chi connectivity index (χ2n) is 5.55. The zero-order chi connectivity index (χ0) is 18.5. The molecule has 3 rings (SSSR count). The number of nitrogens with one attached hydrogen (secondary N) is 2. The van der Waals surface area contributed by atoms with Gasteiger partial charge in [-0.25, -0.2) is 0 Å². The highest BCUT2D eigenvalue weighted by atomic mass is 35.5. The number of ether oxygens (including phenoxy) is 2. The first-order valence-corrected chi connectivity index (χ1v) is 9.22. The van der Waals surface area contributed by atoms with E-state index in [2.05, 4.69) is 10.3 Å². The molecule has 26 heavy (non-hydrogen) atoms. The number of aromatic nitrogens is 1. The van der Waals surface area contributed by atoms with E-state index >= 15 is 0 Å². The van der Waals surface area contributed by atoms with E-state index in [1.807, 2.05) is 42.5 Å². The zero-order valence-corrected chi connectivity index (χ0v) is 16.0. The Morgan fingerprint density at radius 1 is 1.19 bits per heavy atom. The molecule has 1 amide bonds. The van der Waals surface area contributed by atoms with Crippen LogP contribution in [0, 0.1) is 0 Å². The van der Waals surface area contributed by atoms with Crippen LogP contribution >= 0.6 is 23.4 Å². The molecule has 7 heteroatoms. The van der Waals surface area contributed by atoms with Crippen LogP contribution in [-0.2, 0) is 4.74 Å². The van der Waals surface area contributed by atoms with Gasteiger partial charge in [0.05, 0.1) is 24.1 Å². The first kappa shape index (κ1) is 18.6. The number of fused-ring (bicyclic) bond motifs is 1. The normalized spacial score (nSPS) is 10.9. The summed E-state index contributed by atoms with van der Waals surface area (Å²) < 4.78 is 10.3. The summed E-state index contributed by atoms with van der Waals surface area (Å²) >= 11 is 7.49. The molecule has 0 saturated heterocycles. The summed E-state index contributed by atoms with van der Waals surface area (Å²) in [6, 6.07) is 13.3. The number of carbonyl (C=O) groups excluding carboxylic acids is 1. The van der Waals surface area contributed by atoms with Crippen molar-refractivity contribution in [3.8, 4) is 5.75 Å². The number of halogens is 1. The quantitative estimate of drug-likeness (QED) is 0.588. The third-order valence-electron chi connectivity index (χ3n) is 3.81. The summed E-state index contributed by atoms with van der Waals surface area (Å²) in [4.78, 5) is 17.7.